The number of nitrogens with zero attached hydrogens (tertiary/aromatic N) is 1. The molecule has 6 heteroatoms. The van der Waals surface area contributed by atoms with Gasteiger partial charge in [-0.3, -0.25) is 10.1 Å². The van der Waals surface area contributed by atoms with Crippen LogP contribution in [0.1, 0.15) is 25.7 Å². The maximum atomic E-state index is 10.8. The summed E-state index contributed by atoms with van der Waals surface area (Å²) >= 11 is 5.77. The SMILES string of the molecule is NC1CCC(Nc2ccc(Cl)c([N+](=O)[O-])c2)CC1. The van der Waals surface area contributed by atoms with Gasteiger partial charge in [0.25, 0.3) is 5.69 Å². The van der Waals surface area contributed by atoms with Crippen molar-refractivity contribution in [3.63, 3.8) is 0 Å². The van der Waals surface area contributed by atoms with E-state index in [0.29, 0.717) is 12.1 Å². The molecule has 5 nitrogen and oxygen atoms in total. The van der Waals surface area contributed by atoms with Crippen LogP contribution in [0.5, 0.6) is 0 Å². The largest absolute Gasteiger partial charge is 0.382 e. The highest BCUT2D eigenvalue weighted by atomic mass is 35.5. The molecule has 0 aliphatic heterocycles. The average Bonchev–Trinajstić information content (AvgIpc) is 2.34. The Bertz CT molecular complexity index is 445. The van der Waals surface area contributed by atoms with Gasteiger partial charge in [-0.15, -0.1) is 0 Å². The first kappa shape index (κ1) is 13.1. The van der Waals surface area contributed by atoms with Crippen LogP contribution >= 0.6 is 11.6 Å². The van der Waals surface area contributed by atoms with E-state index in [1.54, 1.807) is 12.1 Å². The minimum Gasteiger partial charge on any atom is -0.382 e. The van der Waals surface area contributed by atoms with E-state index in [4.69, 9.17) is 17.3 Å². The van der Waals surface area contributed by atoms with Crippen molar-refractivity contribution in [1.29, 1.82) is 0 Å². The Morgan fingerprint density at radius 1 is 1.33 bits per heavy atom. The van der Waals surface area contributed by atoms with Gasteiger partial charge in [0.15, 0.2) is 0 Å². The lowest BCUT2D eigenvalue weighted by atomic mass is 9.91. The van der Waals surface area contributed by atoms with Gasteiger partial charge in [0.05, 0.1) is 4.92 Å². The van der Waals surface area contributed by atoms with Crippen LogP contribution in [0.2, 0.25) is 5.02 Å². The molecule has 1 saturated carbocycles. The molecule has 1 fully saturated rings. The number of nitro benzene ring substituents is 1. The molecule has 0 atom stereocenters. The van der Waals surface area contributed by atoms with Gasteiger partial charge in [0.1, 0.15) is 5.02 Å². The molecule has 0 radical (unpaired) electrons. The summed E-state index contributed by atoms with van der Waals surface area (Å²) in [6, 6.07) is 5.44. The lowest BCUT2D eigenvalue weighted by Crippen LogP contribution is -2.32. The Morgan fingerprint density at radius 3 is 2.61 bits per heavy atom. The zero-order chi connectivity index (χ0) is 13.1. The minimum atomic E-state index is -0.468. The molecule has 0 saturated heterocycles. The molecule has 1 aliphatic rings. The van der Waals surface area contributed by atoms with Crippen molar-refractivity contribution in [2.24, 2.45) is 5.73 Å². The van der Waals surface area contributed by atoms with Crippen molar-refractivity contribution >= 4 is 23.0 Å². The van der Waals surface area contributed by atoms with E-state index in [1.165, 1.54) is 6.07 Å². The number of nitrogens with one attached hydrogen (secondary N) is 1. The van der Waals surface area contributed by atoms with Gasteiger partial charge in [0.2, 0.25) is 0 Å². The van der Waals surface area contributed by atoms with Crippen LogP contribution in [0.15, 0.2) is 18.2 Å². The van der Waals surface area contributed by atoms with Crippen LogP contribution in [-0.2, 0) is 0 Å². The predicted octanol–water partition coefficient (Wildman–Crippen LogP) is 2.93. The third kappa shape index (κ3) is 3.11. The van der Waals surface area contributed by atoms with Crippen LogP contribution in [0.25, 0.3) is 0 Å². The van der Waals surface area contributed by atoms with Gasteiger partial charge in [-0.2, -0.15) is 0 Å². The Balaban J connectivity index is 2.05. The van der Waals surface area contributed by atoms with Crippen molar-refractivity contribution in [3.05, 3.63) is 33.3 Å². The summed E-state index contributed by atoms with van der Waals surface area (Å²) in [5.41, 5.74) is 6.52. The van der Waals surface area contributed by atoms with Crippen LogP contribution < -0.4 is 11.1 Å². The molecule has 2 rings (SSSR count). The molecule has 0 aromatic heterocycles. The Labute approximate surface area is 110 Å². The first-order valence-electron chi connectivity index (χ1n) is 6.02. The Kier molecular flexibility index (Phi) is 4.04. The van der Waals surface area contributed by atoms with Crippen molar-refractivity contribution < 1.29 is 4.92 Å². The van der Waals surface area contributed by atoms with Crippen LogP contribution in [0, 0.1) is 10.1 Å². The smallest absolute Gasteiger partial charge is 0.289 e. The number of rotatable bonds is 3. The second-order valence-corrected chi connectivity index (χ2v) is 5.09. The quantitative estimate of drug-likeness (QED) is 0.653. The maximum absolute atomic E-state index is 10.8. The fraction of sp³-hybridized carbons (Fsp3) is 0.500. The van der Waals surface area contributed by atoms with Crippen molar-refractivity contribution in [1.82, 2.24) is 0 Å². The van der Waals surface area contributed by atoms with Gasteiger partial charge >= 0.3 is 0 Å². The first-order valence-corrected chi connectivity index (χ1v) is 6.40. The van der Waals surface area contributed by atoms with Gasteiger partial charge in [-0.25, -0.2) is 0 Å². The van der Waals surface area contributed by atoms with E-state index in [2.05, 4.69) is 5.32 Å². The molecule has 1 aromatic carbocycles. The zero-order valence-electron chi connectivity index (χ0n) is 9.93. The first-order chi connectivity index (χ1) is 8.56. The molecular formula is C12H16ClN3O2. The van der Waals surface area contributed by atoms with Gasteiger partial charge in [-0.05, 0) is 37.8 Å². The summed E-state index contributed by atoms with van der Waals surface area (Å²) in [7, 11) is 0. The topological polar surface area (TPSA) is 81.2 Å². The maximum Gasteiger partial charge on any atom is 0.289 e. The molecular weight excluding hydrogens is 254 g/mol. The number of anilines is 1. The second-order valence-electron chi connectivity index (χ2n) is 4.68. The van der Waals surface area contributed by atoms with Crippen LogP contribution in [0.4, 0.5) is 11.4 Å². The lowest BCUT2D eigenvalue weighted by molar-refractivity contribution is -0.384. The van der Waals surface area contributed by atoms with E-state index >= 15 is 0 Å². The number of nitrogens with two attached hydrogens (primary N) is 1. The fourth-order valence-corrected chi connectivity index (χ4v) is 2.43. The number of hydrogen-bond acceptors (Lipinski definition) is 4. The summed E-state index contributed by atoms with van der Waals surface area (Å²) < 4.78 is 0. The van der Waals surface area contributed by atoms with E-state index in [0.717, 1.165) is 31.4 Å². The molecule has 0 bridgehead atoms. The van der Waals surface area contributed by atoms with Crippen molar-refractivity contribution in [3.8, 4) is 0 Å². The highest BCUT2D eigenvalue weighted by Crippen LogP contribution is 2.29. The molecule has 0 amide bonds. The standard InChI is InChI=1S/C12H16ClN3O2/c13-11-6-5-10(7-12(11)16(17)18)15-9-3-1-8(14)2-4-9/h5-9,15H,1-4,14H2. The molecule has 0 spiro atoms. The normalized spacial score (nSPS) is 23.7. The highest BCUT2D eigenvalue weighted by Gasteiger charge is 2.19. The van der Waals surface area contributed by atoms with E-state index in [1.807, 2.05) is 0 Å². The third-order valence-corrected chi connectivity index (χ3v) is 3.61. The lowest BCUT2D eigenvalue weighted by Gasteiger charge is -2.27. The van der Waals surface area contributed by atoms with E-state index in [9.17, 15) is 10.1 Å². The number of halogens is 1. The van der Waals surface area contributed by atoms with Crippen molar-refractivity contribution in [2.75, 3.05) is 5.32 Å². The zero-order valence-corrected chi connectivity index (χ0v) is 10.7. The average molecular weight is 270 g/mol. The summed E-state index contributed by atoms with van der Waals surface area (Å²) in [5, 5.41) is 14.3. The molecule has 1 aromatic rings. The number of hydrogen-bond donors (Lipinski definition) is 2. The molecule has 0 heterocycles. The second kappa shape index (κ2) is 5.54. The third-order valence-electron chi connectivity index (χ3n) is 3.29. The summed E-state index contributed by atoms with van der Waals surface area (Å²) in [5.74, 6) is 0. The van der Waals surface area contributed by atoms with Gasteiger partial charge in [0, 0.05) is 23.8 Å². The predicted molar refractivity (Wildman–Crippen MR) is 72.0 cm³/mol. The molecule has 0 unspecified atom stereocenters. The molecule has 98 valence electrons. The summed E-state index contributed by atoms with van der Waals surface area (Å²) in [6.07, 6.45) is 3.98. The molecule has 18 heavy (non-hydrogen) atoms. The van der Waals surface area contributed by atoms with E-state index < -0.39 is 4.92 Å². The van der Waals surface area contributed by atoms with Crippen LogP contribution in [0.3, 0.4) is 0 Å². The van der Waals surface area contributed by atoms with Crippen molar-refractivity contribution in [2.45, 2.75) is 37.8 Å². The number of nitro groups is 1. The van der Waals surface area contributed by atoms with Gasteiger partial charge in [-0.1, -0.05) is 11.6 Å². The summed E-state index contributed by atoms with van der Waals surface area (Å²) in [6.45, 7) is 0. The number of benzene rings is 1. The minimum absolute atomic E-state index is 0.0609. The van der Waals surface area contributed by atoms with Crippen LogP contribution in [-0.4, -0.2) is 17.0 Å². The summed E-state index contributed by atoms with van der Waals surface area (Å²) in [4.78, 5) is 10.3. The van der Waals surface area contributed by atoms with E-state index in [-0.39, 0.29) is 10.7 Å². The highest BCUT2D eigenvalue weighted by molar-refractivity contribution is 6.32. The fourth-order valence-electron chi connectivity index (χ4n) is 2.24. The van der Waals surface area contributed by atoms with Gasteiger partial charge < -0.3 is 11.1 Å². The molecule has 1 aliphatic carbocycles. The monoisotopic (exact) mass is 269 g/mol. The Hall–Kier alpha value is -1.33. The Morgan fingerprint density at radius 2 is 2.00 bits per heavy atom. The molecule has 3 N–H and O–H groups in total.